The van der Waals surface area contributed by atoms with Crippen LogP contribution in [-0.4, -0.2) is 13.7 Å². The van der Waals surface area contributed by atoms with Gasteiger partial charge >= 0.3 is 5.69 Å². The lowest BCUT2D eigenvalue weighted by Crippen LogP contribution is -2.36. The van der Waals surface area contributed by atoms with Crippen molar-refractivity contribution in [3.63, 3.8) is 0 Å². The summed E-state index contributed by atoms with van der Waals surface area (Å²) < 4.78 is 5.76. The van der Waals surface area contributed by atoms with Crippen molar-refractivity contribution in [2.75, 3.05) is 0 Å². The summed E-state index contributed by atoms with van der Waals surface area (Å²) in [5.41, 5.74) is 2.89. The Balaban J connectivity index is 2.12. The van der Waals surface area contributed by atoms with Gasteiger partial charge in [0.2, 0.25) is 0 Å². The lowest BCUT2D eigenvalue weighted by molar-refractivity contribution is 0.650. The molecule has 2 aromatic carbocycles. The van der Waals surface area contributed by atoms with Crippen LogP contribution in [0.15, 0.2) is 74.9 Å². The molecule has 0 amide bonds. The number of rotatable bonds is 3. The van der Waals surface area contributed by atoms with Crippen LogP contribution in [0.2, 0.25) is 0 Å². The minimum absolute atomic E-state index is 0.00736. The van der Waals surface area contributed by atoms with E-state index in [1.165, 1.54) is 16.2 Å². The molecule has 0 saturated heterocycles. The van der Waals surface area contributed by atoms with Crippen molar-refractivity contribution >= 4 is 26.8 Å². The summed E-state index contributed by atoms with van der Waals surface area (Å²) in [6.07, 6.45) is 1.91. The second kappa shape index (κ2) is 6.95. The van der Waals surface area contributed by atoms with Crippen molar-refractivity contribution in [1.29, 1.82) is 0 Å². The van der Waals surface area contributed by atoms with Crippen LogP contribution < -0.4 is 11.2 Å². The van der Waals surface area contributed by atoms with Gasteiger partial charge < -0.3 is 4.57 Å². The minimum atomic E-state index is -0.329. The van der Waals surface area contributed by atoms with Crippen LogP contribution >= 0.6 is 15.9 Å². The first-order valence-corrected chi connectivity index (χ1v) is 9.81. The quantitative estimate of drug-likeness (QED) is 0.484. The Morgan fingerprint density at radius 2 is 1.54 bits per heavy atom. The molecule has 0 fully saturated rings. The molecule has 2 heterocycles. The molecule has 6 heteroatoms. The molecule has 0 radical (unpaired) electrons. The van der Waals surface area contributed by atoms with Crippen molar-refractivity contribution in [3.05, 3.63) is 91.7 Å². The van der Waals surface area contributed by atoms with Gasteiger partial charge in [0.15, 0.2) is 0 Å². The van der Waals surface area contributed by atoms with E-state index >= 15 is 0 Å². The van der Waals surface area contributed by atoms with Crippen molar-refractivity contribution < 1.29 is 0 Å². The standard InChI is InChI=1S/C22H20BrN3O2/c1-14(15-7-5-4-6-8-15)26-13-18-19(21(27)25(3)22(28)24(18)2)20(26)16-9-11-17(23)12-10-16/h4-14H,1-3H3/t14-/m0/s1. The van der Waals surface area contributed by atoms with Gasteiger partial charge in [0.1, 0.15) is 0 Å². The molecule has 1 atom stereocenters. The lowest BCUT2D eigenvalue weighted by Gasteiger charge is -2.18. The van der Waals surface area contributed by atoms with Crippen molar-refractivity contribution in [2.24, 2.45) is 14.1 Å². The largest absolute Gasteiger partial charge is 0.337 e. The Bertz CT molecular complexity index is 1280. The predicted octanol–water partition coefficient (Wildman–Crippen LogP) is 4.08. The average molecular weight is 438 g/mol. The number of nitrogens with zero attached hydrogens (tertiary/aromatic N) is 3. The highest BCUT2D eigenvalue weighted by atomic mass is 79.9. The summed E-state index contributed by atoms with van der Waals surface area (Å²) in [7, 11) is 3.22. The van der Waals surface area contributed by atoms with E-state index in [2.05, 4.69) is 39.6 Å². The van der Waals surface area contributed by atoms with E-state index in [0.717, 1.165) is 21.3 Å². The fraction of sp³-hybridized carbons (Fsp3) is 0.182. The molecule has 0 unspecified atom stereocenters. The third kappa shape index (κ3) is 2.85. The van der Waals surface area contributed by atoms with Crippen LogP contribution in [0.25, 0.3) is 22.2 Å². The first kappa shape index (κ1) is 18.5. The van der Waals surface area contributed by atoms with E-state index in [9.17, 15) is 9.59 Å². The number of hydrogen-bond acceptors (Lipinski definition) is 2. The molecule has 0 aliphatic heterocycles. The van der Waals surface area contributed by atoms with Gasteiger partial charge in [-0.2, -0.15) is 0 Å². The second-order valence-electron chi connectivity index (χ2n) is 6.94. The summed E-state index contributed by atoms with van der Waals surface area (Å²) in [6, 6.07) is 18.0. The van der Waals surface area contributed by atoms with Crippen molar-refractivity contribution in [1.82, 2.24) is 13.7 Å². The van der Waals surface area contributed by atoms with Gasteiger partial charge in [0, 0.05) is 24.8 Å². The normalized spacial score (nSPS) is 12.4. The molecule has 0 aliphatic carbocycles. The maximum atomic E-state index is 13.1. The Morgan fingerprint density at radius 3 is 2.18 bits per heavy atom. The molecule has 5 nitrogen and oxygen atoms in total. The maximum Gasteiger partial charge on any atom is 0.330 e. The zero-order valence-corrected chi connectivity index (χ0v) is 17.5. The van der Waals surface area contributed by atoms with Gasteiger partial charge in [-0.1, -0.05) is 58.4 Å². The van der Waals surface area contributed by atoms with E-state index in [-0.39, 0.29) is 17.3 Å². The SMILES string of the molecule is C[C@@H](c1ccccc1)n1cc2c(c1-c1ccc(Br)cc1)c(=O)n(C)c(=O)n2C. The summed E-state index contributed by atoms with van der Waals surface area (Å²) in [5.74, 6) is 0. The van der Waals surface area contributed by atoms with Crippen LogP contribution in [-0.2, 0) is 14.1 Å². The summed E-state index contributed by atoms with van der Waals surface area (Å²) in [6.45, 7) is 2.10. The third-order valence-electron chi connectivity index (χ3n) is 5.28. The van der Waals surface area contributed by atoms with Gasteiger partial charge in [-0.05, 0) is 30.2 Å². The summed E-state index contributed by atoms with van der Waals surface area (Å²) in [5, 5.41) is 0.551. The maximum absolute atomic E-state index is 13.1. The molecule has 0 N–H and O–H groups in total. The smallest absolute Gasteiger partial charge is 0.330 e. The van der Waals surface area contributed by atoms with Crippen molar-refractivity contribution in [2.45, 2.75) is 13.0 Å². The summed E-state index contributed by atoms with van der Waals surface area (Å²) >= 11 is 3.47. The number of aryl methyl sites for hydroxylation is 1. The molecule has 0 spiro atoms. The van der Waals surface area contributed by atoms with E-state index in [0.29, 0.717) is 10.9 Å². The van der Waals surface area contributed by atoms with E-state index in [1.54, 1.807) is 7.05 Å². The van der Waals surface area contributed by atoms with Crippen LogP contribution in [0.1, 0.15) is 18.5 Å². The Kier molecular flexibility index (Phi) is 4.59. The minimum Gasteiger partial charge on any atom is -0.337 e. The van der Waals surface area contributed by atoms with Gasteiger partial charge in [-0.15, -0.1) is 0 Å². The van der Waals surface area contributed by atoms with Gasteiger partial charge in [0.05, 0.1) is 22.6 Å². The Labute approximate surface area is 170 Å². The molecule has 0 aliphatic rings. The first-order valence-electron chi connectivity index (χ1n) is 9.01. The van der Waals surface area contributed by atoms with Gasteiger partial charge in [0.25, 0.3) is 5.56 Å². The molecule has 0 saturated carbocycles. The monoisotopic (exact) mass is 437 g/mol. The fourth-order valence-electron chi connectivity index (χ4n) is 3.66. The van der Waals surface area contributed by atoms with Crippen LogP contribution in [0.5, 0.6) is 0 Å². The second-order valence-corrected chi connectivity index (χ2v) is 7.86. The lowest BCUT2D eigenvalue weighted by atomic mass is 10.1. The highest BCUT2D eigenvalue weighted by Gasteiger charge is 2.22. The molecule has 4 aromatic rings. The molecular weight excluding hydrogens is 418 g/mol. The van der Waals surface area contributed by atoms with E-state index in [1.807, 2.05) is 48.7 Å². The van der Waals surface area contributed by atoms with Gasteiger partial charge in [-0.25, -0.2) is 4.79 Å². The van der Waals surface area contributed by atoms with Crippen LogP contribution in [0.3, 0.4) is 0 Å². The zero-order valence-electron chi connectivity index (χ0n) is 15.9. The average Bonchev–Trinajstić information content (AvgIpc) is 3.12. The molecule has 4 rings (SSSR count). The van der Waals surface area contributed by atoms with Crippen LogP contribution in [0.4, 0.5) is 0 Å². The van der Waals surface area contributed by atoms with E-state index in [4.69, 9.17) is 0 Å². The molecule has 142 valence electrons. The highest BCUT2D eigenvalue weighted by molar-refractivity contribution is 9.10. The topological polar surface area (TPSA) is 48.9 Å². The number of fused-ring (bicyclic) bond motifs is 1. The highest BCUT2D eigenvalue weighted by Crippen LogP contribution is 2.33. The third-order valence-corrected chi connectivity index (χ3v) is 5.81. The first-order chi connectivity index (χ1) is 13.4. The zero-order chi connectivity index (χ0) is 20.0. The van der Waals surface area contributed by atoms with Gasteiger partial charge in [-0.3, -0.25) is 13.9 Å². The molecule has 28 heavy (non-hydrogen) atoms. The van der Waals surface area contributed by atoms with Crippen molar-refractivity contribution in [3.8, 4) is 11.3 Å². The number of hydrogen-bond donors (Lipinski definition) is 0. The Hall–Kier alpha value is -2.86. The molecule has 0 bridgehead atoms. The molecular formula is C22H20BrN3O2. The predicted molar refractivity (Wildman–Crippen MR) is 116 cm³/mol. The van der Waals surface area contributed by atoms with Crippen LogP contribution in [0, 0.1) is 0 Å². The number of halogens is 1. The summed E-state index contributed by atoms with van der Waals surface area (Å²) in [4.78, 5) is 25.5. The Morgan fingerprint density at radius 1 is 0.893 bits per heavy atom. The van der Waals surface area contributed by atoms with E-state index < -0.39 is 0 Å². The number of benzene rings is 2. The molecule has 2 aromatic heterocycles. The number of aromatic nitrogens is 3. The fourth-order valence-corrected chi connectivity index (χ4v) is 3.92.